The van der Waals surface area contributed by atoms with Crippen molar-refractivity contribution in [1.29, 1.82) is 0 Å². The molecule has 6 heteroatoms. The van der Waals surface area contributed by atoms with Crippen molar-refractivity contribution >= 4 is 34.7 Å². The number of nitrogens with one attached hydrogen (secondary N) is 1. The van der Waals surface area contributed by atoms with Crippen LogP contribution >= 0.6 is 22.6 Å². The van der Waals surface area contributed by atoms with Crippen LogP contribution in [0.4, 0.5) is 4.79 Å². The Morgan fingerprint density at radius 2 is 1.79 bits per heavy atom. The number of benzene rings is 1. The van der Waals surface area contributed by atoms with Crippen molar-refractivity contribution in [2.45, 2.75) is 30.8 Å². The van der Waals surface area contributed by atoms with Crippen LogP contribution in [-0.4, -0.2) is 17.7 Å². The van der Waals surface area contributed by atoms with Gasteiger partial charge in [-0.3, -0.25) is 0 Å². The van der Waals surface area contributed by atoms with E-state index in [0.717, 1.165) is 9.99 Å². The van der Waals surface area contributed by atoms with Crippen molar-refractivity contribution in [3.8, 4) is 0 Å². The highest BCUT2D eigenvalue weighted by Crippen LogP contribution is 2.09. The van der Waals surface area contributed by atoms with E-state index in [4.69, 9.17) is 4.74 Å². The second-order valence-electron chi connectivity index (χ2n) is 4.82. The Morgan fingerprint density at radius 1 is 1.21 bits per heavy atom. The zero-order valence-electron chi connectivity index (χ0n) is 11.0. The third-order valence-electron chi connectivity index (χ3n) is 1.97. The number of rotatable bonds is 2. The Kier molecular flexibility index (Phi) is 5.59. The summed E-state index contributed by atoms with van der Waals surface area (Å²) in [5.74, 6) is -0.633. The van der Waals surface area contributed by atoms with Gasteiger partial charge in [-0.25, -0.2) is 9.59 Å². The topological polar surface area (TPSA) is 64.6 Å². The first-order chi connectivity index (χ1) is 8.81. The molecule has 0 aliphatic rings. The van der Waals surface area contributed by atoms with Gasteiger partial charge in [0.05, 0.1) is 5.56 Å². The van der Waals surface area contributed by atoms with Crippen LogP contribution in [0.25, 0.3) is 0 Å². The fourth-order valence-electron chi connectivity index (χ4n) is 1.18. The van der Waals surface area contributed by atoms with Gasteiger partial charge < -0.3 is 9.57 Å². The Hall–Kier alpha value is -1.31. The van der Waals surface area contributed by atoms with Gasteiger partial charge in [0.25, 0.3) is 0 Å². The minimum absolute atomic E-state index is 0.365. The molecule has 0 aliphatic carbocycles. The minimum atomic E-state index is -0.801. The standard InChI is InChI=1S/C13H16INO4/c1-13(2,3)18-12(17)15-19-11(16)10-6-4-9(8-14)5-7-10/h4-7H,8H2,1-3H3,(H,15,17). The quantitative estimate of drug-likeness (QED) is 0.488. The fourth-order valence-corrected chi connectivity index (χ4v) is 1.68. The molecule has 5 nitrogen and oxygen atoms in total. The van der Waals surface area contributed by atoms with Crippen molar-refractivity contribution < 1.29 is 19.2 Å². The second kappa shape index (κ2) is 6.74. The fraction of sp³-hybridized carbons (Fsp3) is 0.385. The summed E-state index contributed by atoms with van der Waals surface area (Å²) in [5.41, 5.74) is 2.79. The zero-order valence-corrected chi connectivity index (χ0v) is 13.2. The molecule has 0 fully saturated rings. The van der Waals surface area contributed by atoms with E-state index in [-0.39, 0.29) is 0 Å². The van der Waals surface area contributed by atoms with Crippen molar-refractivity contribution in [1.82, 2.24) is 5.48 Å². The number of halogens is 1. The van der Waals surface area contributed by atoms with E-state index in [1.54, 1.807) is 32.9 Å². The Bertz CT molecular complexity index is 451. The summed E-state index contributed by atoms with van der Waals surface area (Å²) in [5, 5.41) is 0. The molecule has 1 rings (SSSR count). The highest BCUT2D eigenvalue weighted by molar-refractivity contribution is 14.1. The van der Waals surface area contributed by atoms with Crippen LogP contribution in [0, 0.1) is 0 Å². The van der Waals surface area contributed by atoms with Crippen LogP contribution in [0.3, 0.4) is 0 Å². The van der Waals surface area contributed by atoms with Gasteiger partial charge in [0.15, 0.2) is 0 Å². The van der Waals surface area contributed by atoms with E-state index >= 15 is 0 Å². The van der Waals surface area contributed by atoms with E-state index < -0.39 is 17.7 Å². The van der Waals surface area contributed by atoms with E-state index in [0.29, 0.717) is 5.56 Å². The van der Waals surface area contributed by atoms with Gasteiger partial charge in [-0.15, -0.1) is 5.48 Å². The monoisotopic (exact) mass is 377 g/mol. The molecule has 0 unspecified atom stereocenters. The van der Waals surface area contributed by atoms with Crippen LogP contribution in [0.1, 0.15) is 36.7 Å². The van der Waals surface area contributed by atoms with Crippen molar-refractivity contribution in [2.75, 3.05) is 0 Å². The Labute approximate surface area is 125 Å². The molecule has 0 saturated heterocycles. The number of carbonyl (C=O) groups excluding carboxylic acids is 2. The summed E-state index contributed by atoms with van der Waals surface area (Å²) < 4.78 is 5.80. The minimum Gasteiger partial charge on any atom is -0.442 e. The smallest absolute Gasteiger partial charge is 0.441 e. The molecular weight excluding hydrogens is 361 g/mol. The van der Waals surface area contributed by atoms with Gasteiger partial charge in [0, 0.05) is 4.43 Å². The predicted octanol–water partition coefficient (Wildman–Crippen LogP) is 3.22. The molecule has 1 aromatic carbocycles. The molecule has 0 atom stereocenters. The summed E-state index contributed by atoms with van der Waals surface area (Å²) in [7, 11) is 0. The Morgan fingerprint density at radius 3 is 2.26 bits per heavy atom. The van der Waals surface area contributed by atoms with E-state index in [1.165, 1.54) is 0 Å². The van der Waals surface area contributed by atoms with Gasteiger partial charge in [-0.1, -0.05) is 34.7 Å². The summed E-state index contributed by atoms with van der Waals surface area (Å²) in [6.07, 6.45) is -0.801. The first-order valence-electron chi connectivity index (χ1n) is 5.67. The SMILES string of the molecule is CC(C)(C)OC(=O)NOC(=O)c1ccc(CI)cc1. The summed E-state index contributed by atoms with van der Waals surface area (Å²) in [6, 6.07) is 6.95. The number of amides is 1. The van der Waals surface area contributed by atoms with Crippen LogP contribution in [-0.2, 0) is 14.0 Å². The number of ether oxygens (including phenoxy) is 1. The molecule has 0 aliphatic heterocycles. The normalized spacial score (nSPS) is 10.7. The van der Waals surface area contributed by atoms with Crippen LogP contribution in [0.2, 0.25) is 0 Å². The lowest BCUT2D eigenvalue weighted by Gasteiger charge is -2.19. The van der Waals surface area contributed by atoms with Gasteiger partial charge in [0.2, 0.25) is 0 Å². The van der Waals surface area contributed by atoms with Crippen LogP contribution in [0.15, 0.2) is 24.3 Å². The van der Waals surface area contributed by atoms with Crippen LogP contribution < -0.4 is 5.48 Å². The number of hydrogen-bond acceptors (Lipinski definition) is 4. The number of carbonyl (C=O) groups is 2. The van der Waals surface area contributed by atoms with Crippen LogP contribution in [0.5, 0.6) is 0 Å². The van der Waals surface area contributed by atoms with Gasteiger partial charge in [0.1, 0.15) is 5.60 Å². The molecular formula is C13H16INO4. The van der Waals surface area contributed by atoms with Gasteiger partial charge in [-0.2, -0.15) is 0 Å². The van der Waals surface area contributed by atoms with Gasteiger partial charge in [-0.05, 0) is 38.5 Å². The van der Waals surface area contributed by atoms with Crippen molar-refractivity contribution in [3.05, 3.63) is 35.4 Å². The third-order valence-corrected chi connectivity index (χ3v) is 2.85. The molecule has 0 spiro atoms. The molecule has 0 aromatic heterocycles. The lowest BCUT2D eigenvalue weighted by Crippen LogP contribution is -2.34. The maximum absolute atomic E-state index is 11.6. The first kappa shape index (κ1) is 15.7. The summed E-state index contributed by atoms with van der Waals surface area (Å²) >= 11 is 2.23. The maximum Gasteiger partial charge on any atom is 0.441 e. The molecule has 0 radical (unpaired) electrons. The second-order valence-corrected chi connectivity index (χ2v) is 5.59. The van der Waals surface area contributed by atoms with E-state index in [1.807, 2.05) is 17.6 Å². The molecule has 104 valence electrons. The molecule has 0 heterocycles. The maximum atomic E-state index is 11.6. The third kappa shape index (κ3) is 5.91. The lowest BCUT2D eigenvalue weighted by atomic mass is 10.2. The molecule has 1 aromatic rings. The highest BCUT2D eigenvalue weighted by atomic mass is 127. The molecule has 0 bridgehead atoms. The Balaban J connectivity index is 2.49. The molecule has 0 saturated carbocycles. The number of hydrogen-bond donors (Lipinski definition) is 1. The van der Waals surface area contributed by atoms with Crippen molar-refractivity contribution in [3.63, 3.8) is 0 Å². The summed E-state index contributed by atoms with van der Waals surface area (Å²) in [4.78, 5) is 27.5. The predicted molar refractivity (Wildman–Crippen MR) is 79.0 cm³/mol. The van der Waals surface area contributed by atoms with Crippen molar-refractivity contribution in [2.24, 2.45) is 0 Å². The molecule has 19 heavy (non-hydrogen) atoms. The number of hydroxylamine groups is 1. The average molecular weight is 377 g/mol. The molecule has 1 N–H and O–H groups in total. The summed E-state index contributed by atoms with van der Waals surface area (Å²) in [6.45, 7) is 5.16. The van der Waals surface area contributed by atoms with E-state index in [9.17, 15) is 9.59 Å². The average Bonchev–Trinajstić information content (AvgIpc) is 2.34. The number of alkyl halides is 1. The van der Waals surface area contributed by atoms with Gasteiger partial charge >= 0.3 is 12.1 Å². The highest BCUT2D eigenvalue weighted by Gasteiger charge is 2.17. The largest absolute Gasteiger partial charge is 0.442 e. The first-order valence-corrected chi connectivity index (χ1v) is 7.19. The van der Waals surface area contributed by atoms with E-state index in [2.05, 4.69) is 27.4 Å². The zero-order chi connectivity index (χ0) is 14.5. The molecule has 1 amide bonds. The lowest BCUT2D eigenvalue weighted by molar-refractivity contribution is -0.00129.